The fourth-order valence-corrected chi connectivity index (χ4v) is 2.32. The molecular formula is C14H16ClN3O2. The third kappa shape index (κ3) is 3.17. The molecule has 0 unspecified atom stereocenters. The minimum Gasteiger partial charge on any atom is -0.258 e. The molecule has 0 aliphatic carbocycles. The Balaban J connectivity index is 2.37. The number of hydrogen-bond donors (Lipinski definition) is 0. The number of nitro groups is 1. The Morgan fingerprint density at radius 2 is 2.00 bits per heavy atom. The summed E-state index contributed by atoms with van der Waals surface area (Å²) in [5.41, 5.74) is 1.38. The largest absolute Gasteiger partial charge is 0.329 e. The average molecular weight is 294 g/mol. The standard InChI is InChI=1S/C14H16ClN3O2/c1-10(2)8-12-13(18(19)20)14(15)17(16-12)9-11-6-4-3-5-7-11/h3-7,10H,8-9H2,1-2H3. The molecule has 0 N–H and O–H groups in total. The van der Waals surface area contributed by atoms with Gasteiger partial charge in [-0.15, -0.1) is 0 Å². The van der Waals surface area contributed by atoms with Gasteiger partial charge in [-0.3, -0.25) is 10.1 Å². The predicted octanol–water partition coefficient (Wildman–Crippen LogP) is 3.69. The molecule has 1 aromatic heterocycles. The molecule has 20 heavy (non-hydrogen) atoms. The molecule has 0 radical (unpaired) electrons. The van der Waals surface area contributed by atoms with E-state index in [4.69, 9.17) is 11.6 Å². The molecule has 0 atom stereocenters. The molecule has 0 saturated carbocycles. The summed E-state index contributed by atoms with van der Waals surface area (Å²) in [6.45, 7) is 4.42. The fourth-order valence-electron chi connectivity index (χ4n) is 2.04. The van der Waals surface area contributed by atoms with Crippen LogP contribution in [0.15, 0.2) is 30.3 Å². The van der Waals surface area contributed by atoms with Crippen LogP contribution in [0.3, 0.4) is 0 Å². The van der Waals surface area contributed by atoms with Crippen molar-refractivity contribution in [2.75, 3.05) is 0 Å². The molecule has 2 rings (SSSR count). The highest BCUT2D eigenvalue weighted by atomic mass is 35.5. The summed E-state index contributed by atoms with van der Waals surface area (Å²) < 4.78 is 1.49. The van der Waals surface area contributed by atoms with Gasteiger partial charge in [-0.1, -0.05) is 55.8 Å². The van der Waals surface area contributed by atoms with E-state index in [0.717, 1.165) is 5.56 Å². The van der Waals surface area contributed by atoms with Crippen molar-refractivity contribution < 1.29 is 4.92 Å². The molecule has 2 aromatic rings. The highest BCUT2D eigenvalue weighted by molar-refractivity contribution is 6.31. The molecule has 0 fully saturated rings. The van der Waals surface area contributed by atoms with Crippen molar-refractivity contribution in [1.29, 1.82) is 0 Å². The van der Waals surface area contributed by atoms with Crippen molar-refractivity contribution in [1.82, 2.24) is 9.78 Å². The summed E-state index contributed by atoms with van der Waals surface area (Å²) in [5, 5.41) is 15.6. The summed E-state index contributed by atoms with van der Waals surface area (Å²) in [6.07, 6.45) is 0.540. The van der Waals surface area contributed by atoms with E-state index >= 15 is 0 Å². The van der Waals surface area contributed by atoms with Crippen molar-refractivity contribution in [2.45, 2.75) is 26.8 Å². The number of nitrogens with zero attached hydrogens (tertiary/aromatic N) is 3. The Morgan fingerprint density at radius 1 is 1.35 bits per heavy atom. The summed E-state index contributed by atoms with van der Waals surface area (Å²) in [4.78, 5) is 10.7. The van der Waals surface area contributed by atoms with Crippen LogP contribution in [-0.2, 0) is 13.0 Å². The van der Waals surface area contributed by atoms with Crippen LogP contribution in [0, 0.1) is 16.0 Å². The molecule has 0 aliphatic heterocycles. The lowest BCUT2D eigenvalue weighted by molar-refractivity contribution is -0.385. The maximum absolute atomic E-state index is 11.2. The van der Waals surface area contributed by atoms with E-state index in [1.54, 1.807) is 0 Å². The van der Waals surface area contributed by atoms with Crippen LogP contribution in [0.1, 0.15) is 25.1 Å². The minimum absolute atomic E-state index is 0.0729. The highest BCUT2D eigenvalue weighted by Crippen LogP contribution is 2.30. The average Bonchev–Trinajstić information content (AvgIpc) is 2.66. The van der Waals surface area contributed by atoms with Crippen LogP contribution in [0.5, 0.6) is 0 Å². The van der Waals surface area contributed by atoms with Crippen molar-refractivity contribution in [2.24, 2.45) is 5.92 Å². The van der Waals surface area contributed by atoms with Gasteiger partial charge in [0, 0.05) is 6.42 Å². The van der Waals surface area contributed by atoms with Crippen molar-refractivity contribution in [3.05, 3.63) is 56.9 Å². The van der Waals surface area contributed by atoms with Gasteiger partial charge in [0.15, 0.2) is 0 Å². The Hall–Kier alpha value is -1.88. The first-order chi connectivity index (χ1) is 9.49. The summed E-state index contributed by atoms with van der Waals surface area (Å²) in [6, 6.07) is 9.62. The van der Waals surface area contributed by atoms with E-state index in [2.05, 4.69) is 5.10 Å². The minimum atomic E-state index is -0.450. The smallest absolute Gasteiger partial charge is 0.258 e. The Labute approximate surface area is 122 Å². The molecule has 1 aromatic carbocycles. The number of hydrogen-bond acceptors (Lipinski definition) is 3. The van der Waals surface area contributed by atoms with Gasteiger partial charge in [0.05, 0.1) is 11.5 Å². The van der Waals surface area contributed by atoms with Gasteiger partial charge in [0.25, 0.3) is 0 Å². The molecular weight excluding hydrogens is 278 g/mol. The van der Waals surface area contributed by atoms with E-state index < -0.39 is 4.92 Å². The van der Waals surface area contributed by atoms with Crippen LogP contribution in [-0.4, -0.2) is 14.7 Å². The molecule has 1 heterocycles. The molecule has 0 aliphatic rings. The SMILES string of the molecule is CC(C)Cc1nn(Cc2ccccc2)c(Cl)c1[N+](=O)[O-]. The molecule has 0 bridgehead atoms. The normalized spacial score (nSPS) is 11.0. The van der Waals surface area contributed by atoms with Gasteiger partial charge in [0.2, 0.25) is 5.15 Å². The van der Waals surface area contributed by atoms with Crippen molar-refractivity contribution in [3.63, 3.8) is 0 Å². The van der Waals surface area contributed by atoms with Gasteiger partial charge in [-0.05, 0) is 11.5 Å². The fraction of sp³-hybridized carbons (Fsp3) is 0.357. The highest BCUT2D eigenvalue weighted by Gasteiger charge is 2.26. The van der Waals surface area contributed by atoms with Crippen LogP contribution in [0.4, 0.5) is 5.69 Å². The maximum Gasteiger partial charge on any atom is 0.329 e. The number of aromatic nitrogens is 2. The van der Waals surface area contributed by atoms with E-state index in [1.165, 1.54) is 4.68 Å². The first kappa shape index (κ1) is 14.5. The van der Waals surface area contributed by atoms with Gasteiger partial charge in [0.1, 0.15) is 5.69 Å². The Morgan fingerprint density at radius 3 is 2.55 bits per heavy atom. The van der Waals surface area contributed by atoms with Gasteiger partial charge >= 0.3 is 5.69 Å². The predicted molar refractivity (Wildman–Crippen MR) is 78.0 cm³/mol. The zero-order chi connectivity index (χ0) is 14.7. The molecule has 6 heteroatoms. The van der Waals surface area contributed by atoms with Crippen molar-refractivity contribution in [3.8, 4) is 0 Å². The van der Waals surface area contributed by atoms with E-state index in [9.17, 15) is 10.1 Å². The third-order valence-corrected chi connectivity index (χ3v) is 3.27. The van der Waals surface area contributed by atoms with Gasteiger partial charge in [-0.2, -0.15) is 5.10 Å². The van der Waals surface area contributed by atoms with Gasteiger partial charge < -0.3 is 0 Å². The molecule has 0 spiro atoms. The first-order valence-corrected chi connectivity index (χ1v) is 6.80. The summed E-state index contributed by atoms with van der Waals surface area (Å²) in [7, 11) is 0. The second-order valence-electron chi connectivity index (χ2n) is 5.08. The Kier molecular flexibility index (Phi) is 4.39. The monoisotopic (exact) mass is 293 g/mol. The summed E-state index contributed by atoms with van der Waals surface area (Å²) >= 11 is 6.12. The molecule has 0 saturated heterocycles. The number of rotatable bonds is 5. The molecule has 0 amide bonds. The van der Waals surface area contributed by atoms with Gasteiger partial charge in [-0.25, -0.2) is 4.68 Å². The van der Waals surface area contributed by atoms with Crippen LogP contribution in [0.25, 0.3) is 0 Å². The van der Waals surface area contributed by atoms with Crippen molar-refractivity contribution >= 4 is 17.3 Å². The van der Waals surface area contributed by atoms with E-state index in [1.807, 2.05) is 44.2 Å². The van der Waals surface area contributed by atoms with E-state index in [0.29, 0.717) is 18.7 Å². The number of halogens is 1. The zero-order valence-electron chi connectivity index (χ0n) is 11.4. The van der Waals surface area contributed by atoms with E-state index in [-0.39, 0.29) is 16.8 Å². The zero-order valence-corrected chi connectivity index (χ0v) is 12.2. The Bertz CT molecular complexity index is 608. The maximum atomic E-state index is 11.2. The lowest BCUT2D eigenvalue weighted by Crippen LogP contribution is -2.03. The lowest BCUT2D eigenvalue weighted by Gasteiger charge is -2.02. The molecule has 5 nitrogen and oxygen atoms in total. The lowest BCUT2D eigenvalue weighted by atomic mass is 10.1. The van der Waals surface area contributed by atoms with Crippen LogP contribution < -0.4 is 0 Å². The molecule has 106 valence electrons. The number of benzene rings is 1. The van der Waals surface area contributed by atoms with Crippen LogP contribution >= 0.6 is 11.6 Å². The topological polar surface area (TPSA) is 61.0 Å². The second kappa shape index (κ2) is 6.05. The first-order valence-electron chi connectivity index (χ1n) is 6.42. The quantitative estimate of drug-likeness (QED) is 0.624. The third-order valence-electron chi connectivity index (χ3n) is 2.90. The summed E-state index contributed by atoms with van der Waals surface area (Å²) in [5.74, 6) is 0.282. The van der Waals surface area contributed by atoms with Crippen LogP contribution in [0.2, 0.25) is 5.15 Å². The second-order valence-corrected chi connectivity index (χ2v) is 5.44.